The van der Waals surface area contributed by atoms with E-state index in [1.165, 1.54) is 0 Å². The molecule has 6 N–H and O–H groups in total. The summed E-state index contributed by atoms with van der Waals surface area (Å²) < 4.78 is 7.75. The second-order valence-corrected chi connectivity index (χ2v) is 0. The second kappa shape index (κ2) is 434. The van der Waals surface area contributed by atoms with Crippen molar-refractivity contribution in [2.24, 2.45) is 0 Å². The van der Waals surface area contributed by atoms with E-state index >= 15 is 0 Å². The van der Waals surface area contributed by atoms with Crippen LogP contribution in [-0.2, 0) is 4.70 Å². The van der Waals surface area contributed by atoms with Crippen molar-refractivity contribution in [1.82, 2.24) is 0 Å². The zero-order valence-corrected chi connectivity index (χ0v) is 2.49. The normalized spacial score (nSPS) is 0.600. The van der Waals surface area contributed by atoms with E-state index in [2.05, 4.69) is 7.72 Å². The van der Waals surface area contributed by atoms with Crippen molar-refractivity contribution in [3.8, 4) is 0 Å². The summed E-state index contributed by atoms with van der Waals surface area (Å²) in [4.78, 5) is 0. The topological polar surface area (TPSA) is 112 Å². The van der Waals surface area contributed by atoms with Gasteiger partial charge in [-0.25, -0.2) is 0 Å². The predicted molar refractivity (Wildman–Crippen MR) is 17.3 cm³/mol. The SMILES string of the molecule is O.O.O.[B]=O. The van der Waals surface area contributed by atoms with Crippen molar-refractivity contribution in [2.75, 3.05) is 0 Å². The summed E-state index contributed by atoms with van der Waals surface area (Å²) in [6, 6.07) is 0. The third-order valence-electron chi connectivity index (χ3n) is 0. The van der Waals surface area contributed by atoms with Gasteiger partial charge in [0.25, 0.3) is 0 Å². The maximum absolute atomic E-state index is 7.75. The Labute approximate surface area is 30.1 Å². The molecule has 5 heteroatoms. The summed E-state index contributed by atoms with van der Waals surface area (Å²) in [5.41, 5.74) is 0. The van der Waals surface area contributed by atoms with Crippen LogP contribution in [0, 0.1) is 0 Å². The van der Waals surface area contributed by atoms with E-state index < -0.39 is 0 Å². The first-order valence-electron chi connectivity index (χ1n) is 0.236. The first-order chi connectivity index (χ1) is 1.00. The molecule has 0 unspecified atom stereocenters. The molecule has 1 radical (unpaired) electrons. The van der Waals surface area contributed by atoms with Crippen molar-refractivity contribution in [3.63, 3.8) is 0 Å². The maximum atomic E-state index is 7.75. The molecule has 0 aromatic heterocycles. The number of rotatable bonds is 0. The van der Waals surface area contributed by atoms with Gasteiger partial charge < -0.3 is 16.4 Å². The average molecular weight is 80.9 g/mol. The van der Waals surface area contributed by atoms with Crippen LogP contribution in [0.3, 0.4) is 0 Å². The monoisotopic (exact) mass is 81.0 g/mol. The Kier molecular flexibility index (Phi) is 10400. The van der Waals surface area contributed by atoms with E-state index in [-0.39, 0.29) is 16.4 Å². The molecule has 33 valence electrons. The van der Waals surface area contributed by atoms with Crippen LogP contribution in [-0.4, -0.2) is 24.1 Å². The van der Waals surface area contributed by atoms with Gasteiger partial charge in [0.1, 0.15) is 0 Å². The minimum atomic E-state index is 0. The number of hydrogen-bond donors (Lipinski definition) is 0. The van der Waals surface area contributed by atoms with Gasteiger partial charge >= 0.3 is 12.4 Å². The van der Waals surface area contributed by atoms with Crippen molar-refractivity contribution in [1.29, 1.82) is 0 Å². The average Bonchev–Trinajstić information content (AvgIpc) is 1.00. The molecule has 0 amide bonds. The third-order valence-corrected chi connectivity index (χ3v) is 0. The zero-order valence-electron chi connectivity index (χ0n) is 2.49. The summed E-state index contributed by atoms with van der Waals surface area (Å²) in [5, 5.41) is 0. The Morgan fingerprint density at radius 3 is 0.800 bits per heavy atom. The third kappa shape index (κ3) is 175. The van der Waals surface area contributed by atoms with Crippen molar-refractivity contribution in [3.05, 3.63) is 0 Å². The van der Waals surface area contributed by atoms with Gasteiger partial charge in [0.05, 0.1) is 0 Å². The van der Waals surface area contributed by atoms with Crippen LogP contribution >= 0.6 is 0 Å². The zero-order chi connectivity index (χ0) is 2.00. The fourth-order valence-corrected chi connectivity index (χ4v) is 0. The van der Waals surface area contributed by atoms with Crippen molar-refractivity contribution in [2.45, 2.75) is 0 Å². The Balaban J connectivity index is -0.00000000167. The van der Waals surface area contributed by atoms with Crippen LogP contribution < -0.4 is 0 Å². The van der Waals surface area contributed by atoms with Crippen LogP contribution in [0.25, 0.3) is 0 Å². The molecular weight excluding hydrogens is 74.8 g/mol. The van der Waals surface area contributed by atoms with Gasteiger partial charge in [-0.3, -0.25) is 0 Å². The van der Waals surface area contributed by atoms with Crippen LogP contribution in [0.2, 0.25) is 0 Å². The molecule has 0 aliphatic carbocycles. The Bertz CT molecular complexity index is 3.61. The summed E-state index contributed by atoms with van der Waals surface area (Å²) in [6.45, 7) is 0. The molecular formula is H6BO4. The van der Waals surface area contributed by atoms with E-state index in [1.54, 1.807) is 0 Å². The molecule has 0 saturated carbocycles. The molecule has 0 spiro atoms. The van der Waals surface area contributed by atoms with Gasteiger partial charge in [0.15, 0.2) is 0 Å². The quantitative estimate of drug-likeness (QED) is 0.284. The molecule has 5 heavy (non-hydrogen) atoms. The van der Waals surface area contributed by atoms with Gasteiger partial charge in [-0.15, -0.1) is 0 Å². The molecule has 4 nitrogen and oxygen atoms in total. The van der Waals surface area contributed by atoms with E-state index in [0.29, 0.717) is 0 Å². The van der Waals surface area contributed by atoms with Crippen LogP contribution in [0.5, 0.6) is 0 Å². The molecule has 0 saturated heterocycles. The van der Waals surface area contributed by atoms with E-state index in [4.69, 9.17) is 4.70 Å². The van der Waals surface area contributed by atoms with Crippen LogP contribution in [0.1, 0.15) is 0 Å². The number of hydrogen-bond acceptors (Lipinski definition) is 1. The molecule has 0 bridgehead atoms. The standard InChI is InChI=1S/BO.3H2O/c1-2;;;/h;3*1H2. The Hall–Kier alpha value is -0.255. The Morgan fingerprint density at radius 2 is 0.800 bits per heavy atom. The molecule has 0 atom stereocenters. The van der Waals surface area contributed by atoms with E-state index in [0.717, 1.165) is 0 Å². The molecule has 0 heterocycles. The first kappa shape index (κ1) is 120. The van der Waals surface area contributed by atoms with Gasteiger partial charge in [0, 0.05) is 0 Å². The fourth-order valence-electron chi connectivity index (χ4n) is 0. The Morgan fingerprint density at radius 1 is 0.800 bits per heavy atom. The molecule has 0 aliphatic rings. The minimum absolute atomic E-state index is 0. The van der Waals surface area contributed by atoms with Gasteiger partial charge in [0.2, 0.25) is 0 Å². The van der Waals surface area contributed by atoms with Gasteiger partial charge in [-0.2, -0.15) is 0 Å². The predicted octanol–water partition coefficient (Wildman–Crippen LogP) is -2.97. The summed E-state index contributed by atoms with van der Waals surface area (Å²) >= 11 is 0. The van der Waals surface area contributed by atoms with E-state index in [9.17, 15) is 0 Å². The molecule has 0 rings (SSSR count). The molecule has 0 fully saturated rings. The fraction of sp³-hybridized carbons (Fsp3) is 0. The molecule has 0 aromatic carbocycles. The van der Waals surface area contributed by atoms with Crippen LogP contribution in [0.15, 0.2) is 0 Å². The van der Waals surface area contributed by atoms with Crippen LogP contribution in [0.4, 0.5) is 0 Å². The van der Waals surface area contributed by atoms with E-state index in [1.807, 2.05) is 0 Å². The summed E-state index contributed by atoms with van der Waals surface area (Å²) in [5.74, 6) is 0. The first-order valence-corrected chi connectivity index (χ1v) is 0.236. The summed E-state index contributed by atoms with van der Waals surface area (Å²) in [6.07, 6.45) is 0. The van der Waals surface area contributed by atoms with Crippen molar-refractivity contribution < 1.29 is 21.1 Å². The summed E-state index contributed by atoms with van der Waals surface area (Å²) in [7, 11) is 3.25. The van der Waals surface area contributed by atoms with Gasteiger partial charge in [-0.1, -0.05) is 0 Å². The van der Waals surface area contributed by atoms with Crippen molar-refractivity contribution >= 4 is 7.72 Å². The second-order valence-electron chi connectivity index (χ2n) is 0. The van der Waals surface area contributed by atoms with Gasteiger partial charge in [-0.05, 0) is 0 Å². The molecule has 0 aliphatic heterocycles. The molecule has 0 aromatic rings.